The number of halogens is 1. The molecule has 3 aromatic rings. The zero-order valence-electron chi connectivity index (χ0n) is 9.90. The summed E-state index contributed by atoms with van der Waals surface area (Å²) in [4.78, 5) is 3.99. The molecule has 0 spiro atoms. The Morgan fingerprint density at radius 1 is 1.37 bits per heavy atom. The number of benzene rings is 1. The van der Waals surface area contributed by atoms with E-state index in [-0.39, 0.29) is 17.2 Å². The highest BCUT2D eigenvalue weighted by Crippen LogP contribution is 2.32. The van der Waals surface area contributed by atoms with Gasteiger partial charge in [-0.2, -0.15) is 4.98 Å². The van der Waals surface area contributed by atoms with Crippen molar-refractivity contribution < 1.29 is 8.81 Å². The molecule has 0 unspecified atom stereocenters. The smallest absolute Gasteiger partial charge is 0.316 e. The quantitative estimate of drug-likeness (QED) is 0.705. The van der Waals surface area contributed by atoms with Gasteiger partial charge in [-0.05, 0) is 18.4 Å². The van der Waals surface area contributed by atoms with Gasteiger partial charge in [0, 0.05) is 5.56 Å². The third kappa shape index (κ3) is 1.91. The molecule has 0 bridgehead atoms. The summed E-state index contributed by atoms with van der Waals surface area (Å²) in [5, 5.41) is 15.4. The molecule has 0 saturated heterocycles. The number of hydrogen-bond acceptors (Lipinski definition) is 5. The standard InChI is InChI=1S/C12H9FN4OS/c1-19-11-8-9(6-4-2-3-5-7(6)13)16-17-10(8)18-12(14)15-11/h2-5,14H,1H3,(H,16,17). The van der Waals surface area contributed by atoms with E-state index in [0.717, 1.165) is 0 Å². The zero-order valence-corrected chi connectivity index (χ0v) is 10.7. The number of fused-ring (bicyclic) bond motifs is 1. The van der Waals surface area contributed by atoms with Gasteiger partial charge in [-0.15, -0.1) is 16.9 Å². The molecule has 7 heteroatoms. The number of H-pyrrole nitrogens is 1. The van der Waals surface area contributed by atoms with Crippen molar-refractivity contribution in [3.63, 3.8) is 0 Å². The summed E-state index contributed by atoms with van der Waals surface area (Å²) in [5.41, 5.74) is 0.940. The summed E-state index contributed by atoms with van der Waals surface area (Å²) in [7, 11) is 0. The highest BCUT2D eigenvalue weighted by atomic mass is 32.2. The van der Waals surface area contributed by atoms with Crippen molar-refractivity contribution in [1.29, 1.82) is 5.41 Å². The number of thioether (sulfide) groups is 1. The second-order valence-electron chi connectivity index (χ2n) is 3.79. The molecule has 0 aliphatic rings. The summed E-state index contributed by atoms with van der Waals surface area (Å²) >= 11 is 1.36. The lowest BCUT2D eigenvalue weighted by Crippen LogP contribution is -2.04. The van der Waals surface area contributed by atoms with Gasteiger partial charge in [0.25, 0.3) is 5.71 Å². The molecule has 96 valence electrons. The van der Waals surface area contributed by atoms with Crippen LogP contribution in [0.25, 0.3) is 22.4 Å². The van der Waals surface area contributed by atoms with Gasteiger partial charge in [0.15, 0.2) is 0 Å². The molecule has 0 radical (unpaired) electrons. The molecule has 19 heavy (non-hydrogen) atoms. The average Bonchev–Trinajstić information content (AvgIpc) is 2.82. The van der Waals surface area contributed by atoms with Gasteiger partial charge < -0.3 is 4.42 Å². The van der Waals surface area contributed by atoms with Crippen LogP contribution in [-0.4, -0.2) is 21.4 Å². The molecule has 2 heterocycles. The molecule has 0 saturated carbocycles. The molecule has 2 N–H and O–H groups in total. The average molecular weight is 276 g/mol. The van der Waals surface area contributed by atoms with Crippen LogP contribution in [0.15, 0.2) is 33.7 Å². The molecule has 0 aliphatic heterocycles. The van der Waals surface area contributed by atoms with Gasteiger partial charge in [-0.1, -0.05) is 12.1 Å². The van der Waals surface area contributed by atoms with Gasteiger partial charge in [0.1, 0.15) is 10.8 Å². The van der Waals surface area contributed by atoms with Gasteiger partial charge in [0.05, 0.1) is 11.1 Å². The number of nitrogens with zero attached hydrogens (tertiary/aromatic N) is 2. The molecular formula is C12H9FN4OS. The van der Waals surface area contributed by atoms with Crippen LogP contribution in [0, 0.1) is 11.2 Å². The SMILES string of the molecule is CSc1nc(=N)oc2n[nH]c(-c3ccccc3F)c12. The summed E-state index contributed by atoms with van der Waals surface area (Å²) in [6.45, 7) is 0. The highest BCUT2D eigenvalue weighted by Gasteiger charge is 2.17. The van der Waals surface area contributed by atoms with E-state index in [2.05, 4.69) is 15.2 Å². The Morgan fingerprint density at radius 3 is 2.89 bits per heavy atom. The fourth-order valence-electron chi connectivity index (χ4n) is 1.87. The van der Waals surface area contributed by atoms with E-state index >= 15 is 0 Å². The van der Waals surface area contributed by atoms with Crippen LogP contribution in [0.5, 0.6) is 0 Å². The maximum Gasteiger partial charge on any atom is 0.316 e. The Labute approximate surface area is 111 Å². The van der Waals surface area contributed by atoms with Crippen molar-refractivity contribution in [3.8, 4) is 11.3 Å². The van der Waals surface area contributed by atoms with Crippen molar-refractivity contribution in [1.82, 2.24) is 15.2 Å². The maximum atomic E-state index is 13.9. The Hall–Kier alpha value is -2.15. The molecule has 0 amide bonds. The highest BCUT2D eigenvalue weighted by molar-refractivity contribution is 7.98. The van der Waals surface area contributed by atoms with E-state index in [1.54, 1.807) is 18.2 Å². The first kappa shape index (κ1) is 11.9. The third-order valence-electron chi connectivity index (χ3n) is 2.68. The van der Waals surface area contributed by atoms with Gasteiger partial charge in [-0.3, -0.25) is 5.10 Å². The van der Waals surface area contributed by atoms with E-state index in [4.69, 9.17) is 9.83 Å². The summed E-state index contributed by atoms with van der Waals surface area (Å²) in [6, 6.07) is 6.40. The number of hydrogen-bond donors (Lipinski definition) is 2. The van der Waals surface area contributed by atoms with E-state index in [9.17, 15) is 4.39 Å². The van der Waals surface area contributed by atoms with Crippen molar-refractivity contribution in [2.24, 2.45) is 0 Å². The molecule has 5 nitrogen and oxygen atoms in total. The minimum absolute atomic E-state index is 0.219. The number of nitrogens with one attached hydrogen (secondary N) is 2. The normalized spacial score (nSPS) is 11.1. The Balaban J connectivity index is 2.38. The summed E-state index contributed by atoms with van der Waals surface area (Å²) in [6.07, 6.45) is 1.83. The minimum Gasteiger partial charge on any atom is -0.403 e. The topological polar surface area (TPSA) is 78.6 Å². The third-order valence-corrected chi connectivity index (χ3v) is 3.36. The molecule has 1 aromatic carbocycles. The van der Waals surface area contributed by atoms with Crippen LogP contribution >= 0.6 is 11.8 Å². The second kappa shape index (κ2) is 4.51. The first-order valence-corrected chi connectivity index (χ1v) is 6.66. The Bertz CT molecular complexity index is 811. The zero-order chi connectivity index (χ0) is 13.4. The van der Waals surface area contributed by atoms with Crippen LogP contribution in [0.2, 0.25) is 0 Å². The molecule has 2 aromatic heterocycles. The van der Waals surface area contributed by atoms with Crippen molar-refractivity contribution >= 4 is 22.9 Å². The van der Waals surface area contributed by atoms with Crippen molar-refractivity contribution in [2.45, 2.75) is 5.03 Å². The molecule has 0 aliphatic carbocycles. The summed E-state index contributed by atoms with van der Waals surface area (Å²) < 4.78 is 19.0. The van der Waals surface area contributed by atoms with Gasteiger partial charge in [-0.25, -0.2) is 9.80 Å². The molecule has 0 fully saturated rings. The lowest BCUT2D eigenvalue weighted by atomic mass is 10.1. The van der Waals surface area contributed by atoms with E-state index in [0.29, 0.717) is 21.7 Å². The van der Waals surface area contributed by atoms with E-state index in [1.807, 2.05) is 6.26 Å². The summed E-state index contributed by atoms with van der Waals surface area (Å²) in [5.74, 6) is -0.352. The van der Waals surface area contributed by atoms with Crippen LogP contribution in [0.1, 0.15) is 0 Å². The van der Waals surface area contributed by atoms with Crippen LogP contribution in [-0.2, 0) is 0 Å². The molecular weight excluding hydrogens is 267 g/mol. The monoisotopic (exact) mass is 276 g/mol. The Kier molecular flexibility index (Phi) is 2.83. The predicted octanol–water partition coefficient (Wildman–Crippen LogP) is 2.56. The van der Waals surface area contributed by atoms with Crippen molar-refractivity contribution in [3.05, 3.63) is 35.8 Å². The minimum atomic E-state index is -0.352. The number of aromatic nitrogens is 3. The molecule has 3 rings (SSSR count). The first-order valence-electron chi connectivity index (χ1n) is 5.43. The largest absolute Gasteiger partial charge is 0.403 e. The van der Waals surface area contributed by atoms with Crippen molar-refractivity contribution in [2.75, 3.05) is 6.26 Å². The fourth-order valence-corrected chi connectivity index (χ4v) is 2.43. The lowest BCUT2D eigenvalue weighted by molar-refractivity contribution is 0.483. The first-order chi connectivity index (χ1) is 9.20. The molecule has 0 atom stereocenters. The lowest BCUT2D eigenvalue weighted by Gasteiger charge is -2.02. The predicted molar refractivity (Wildman–Crippen MR) is 69.2 cm³/mol. The van der Waals surface area contributed by atoms with Crippen LogP contribution < -0.4 is 5.68 Å². The second-order valence-corrected chi connectivity index (χ2v) is 4.58. The van der Waals surface area contributed by atoms with Crippen LogP contribution in [0.4, 0.5) is 4.39 Å². The van der Waals surface area contributed by atoms with E-state index < -0.39 is 0 Å². The number of aromatic amines is 1. The van der Waals surface area contributed by atoms with E-state index in [1.165, 1.54) is 17.8 Å². The van der Waals surface area contributed by atoms with Crippen LogP contribution in [0.3, 0.4) is 0 Å². The maximum absolute atomic E-state index is 13.9. The fraction of sp³-hybridized carbons (Fsp3) is 0.0833. The Morgan fingerprint density at radius 2 is 2.16 bits per heavy atom. The van der Waals surface area contributed by atoms with Gasteiger partial charge in [0.2, 0.25) is 0 Å². The number of rotatable bonds is 2. The van der Waals surface area contributed by atoms with Gasteiger partial charge >= 0.3 is 5.68 Å².